The van der Waals surface area contributed by atoms with E-state index in [1.165, 1.54) is 0 Å². The summed E-state index contributed by atoms with van der Waals surface area (Å²) in [5, 5.41) is 1.55. The number of nitrogens with zero attached hydrogens (tertiary/aromatic N) is 1. The van der Waals surface area contributed by atoms with Gasteiger partial charge in [0.2, 0.25) is 0 Å². The van der Waals surface area contributed by atoms with E-state index in [0.29, 0.717) is 29.0 Å². The van der Waals surface area contributed by atoms with Gasteiger partial charge in [-0.05, 0) is 25.0 Å². The van der Waals surface area contributed by atoms with E-state index in [-0.39, 0.29) is 0 Å². The second-order valence-corrected chi connectivity index (χ2v) is 4.92. The average molecular weight is 300 g/mol. The Labute approximate surface area is 122 Å². The molecule has 2 aromatic rings. The molecule has 3 nitrogen and oxygen atoms in total. The lowest BCUT2D eigenvalue weighted by atomic mass is 10.1. The summed E-state index contributed by atoms with van der Waals surface area (Å²) in [4.78, 5) is 4.36. The van der Waals surface area contributed by atoms with Crippen LogP contribution in [0.25, 0.3) is 10.9 Å². The normalized spacial score (nSPS) is 10.7. The molecule has 0 saturated carbocycles. The molecule has 1 aromatic heterocycles. The Morgan fingerprint density at radius 1 is 1.26 bits per heavy atom. The molecular weight excluding hydrogens is 285 g/mol. The maximum absolute atomic E-state index is 6.28. The van der Waals surface area contributed by atoms with Crippen LogP contribution in [0.2, 0.25) is 5.02 Å². The number of hydrogen-bond donors (Lipinski definition) is 0. The van der Waals surface area contributed by atoms with Crippen molar-refractivity contribution in [3.63, 3.8) is 0 Å². The number of ether oxygens (including phenoxy) is 2. The van der Waals surface area contributed by atoms with Crippen LogP contribution in [-0.4, -0.2) is 24.6 Å². The van der Waals surface area contributed by atoms with E-state index in [9.17, 15) is 0 Å². The Hall–Kier alpha value is -1.19. The Bertz CT molecular complexity index is 587. The monoisotopic (exact) mass is 299 g/mol. The highest BCUT2D eigenvalue weighted by molar-refractivity contribution is 6.36. The summed E-state index contributed by atoms with van der Waals surface area (Å²) in [5.41, 5.74) is 1.73. The smallest absolute Gasteiger partial charge is 0.163 e. The summed E-state index contributed by atoms with van der Waals surface area (Å²) >= 11 is 11.9. The molecule has 0 bridgehead atoms. The van der Waals surface area contributed by atoms with Crippen LogP contribution >= 0.6 is 23.2 Å². The molecular formula is C14H15Cl2NO2. The number of benzene rings is 1. The quantitative estimate of drug-likeness (QED) is 0.612. The van der Waals surface area contributed by atoms with Gasteiger partial charge in [0.1, 0.15) is 0 Å². The SMILES string of the molecule is COc1cc2c(Cl)c(C)cnc2cc1OCCCCl. The lowest BCUT2D eigenvalue weighted by Gasteiger charge is -2.12. The van der Waals surface area contributed by atoms with Gasteiger partial charge in [-0.1, -0.05) is 11.6 Å². The molecule has 0 aliphatic heterocycles. The maximum Gasteiger partial charge on any atom is 0.163 e. The molecule has 0 radical (unpaired) electrons. The average Bonchev–Trinajstić information content (AvgIpc) is 2.43. The van der Waals surface area contributed by atoms with E-state index < -0.39 is 0 Å². The largest absolute Gasteiger partial charge is 0.493 e. The van der Waals surface area contributed by atoms with E-state index in [2.05, 4.69) is 4.98 Å². The number of halogens is 2. The van der Waals surface area contributed by atoms with Crippen LogP contribution < -0.4 is 9.47 Å². The zero-order valence-corrected chi connectivity index (χ0v) is 12.4. The Balaban J connectivity index is 2.45. The van der Waals surface area contributed by atoms with Crippen LogP contribution in [0.15, 0.2) is 18.3 Å². The second-order valence-electron chi connectivity index (χ2n) is 4.17. The van der Waals surface area contributed by atoms with Gasteiger partial charge in [0, 0.05) is 23.5 Å². The van der Waals surface area contributed by atoms with Gasteiger partial charge in [0.25, 0.3) is 0 Å². The summed E-state index contributed by atoms with van der Waals surface area (Å²) in [5.74, 6) is 1.88. The van der Waals surface area contributed by atoms with Gasteiger partial charge in [-0.25, -0.2) is 0 Å². The predicted octanol–water partition coefficient (Wildman–Crippen LogP) is 4.21. The van der Waals surface area contributed by atoms with Gasteiger partial charge in [-0.3, -0.25) is 4.98 Å². The predicted molar refractivity (Wildman–Crippen MR) is 78.9 cm³/mol. The van der Waals surface area contributed by atoms with Crippen molar-refractivity contribution in [2.75, 3.05) is 19.6 Å². The van der Waals surface area contributed by atoms with Gasteiger partial charge >= 0.3 is 0 Å². The number of rotatable bonds is 5. The fourth-order valence-corrected chi connectivity index (χ4v) is 2.09. The summed E-state index contributed by atoms with van der Waals surface area (Å²) in [6, 6.07) is 3.70. The third-order valence-electron chi connectivity index (χ3n) is 2.80. The zero-order chi connectivity index (χ0) is 13.8. The van der Waals surface area contributed by atoms with Crippen molar-refractivity contribution < 1.29 is 9.47 Å². The molecule has 0 saturated heterocycles. The Morgan fingerprint density at radius 2 is 2.05 bits per heavy atom. The molecule has 0 spiro atoms. The van der Waals surface area contributed by atoms with Crippen LogP contribution in [0.5, 0.6) is 11.5 Å². The molecule has 1 heterocycles. The molecule has 0 N–H and O–H groups in total. The van der Waals surface area contributed by atoms with Crippen molar-refractivity contribution in [1.29, 1.82) is 0 Å². The zero-order valence-electron chi connectivity index (χ0n) is 10.9. The van der Waals surface area contributed by atoms with Crippen LogP contribution in [0.1, 0.15) is 12.0 Å². The first-order valence-electron chi connectivity index (χ1n) is 5.99. The van der Waals surface area contributed by atoms with Crippen LogP contribution in [0.3, 0.4) is 0 Å². The highest BCUT2D eigenvalue weighted by atomic mass is 35.5. The first kappa shape index (κ1) is 14.2. The van der Waals surface area contributed by atoms with Gasteiger partial charge in [0.15, 0.2) is 11.5 Å². The number of pyridine rings is 1. The summed E-state index contributed by atoms with van der Waals surface area (Å²) in [6.07, 6.45) is 2.53. The first-order valence-corrected chi connectivity index (χ1v) is 6.90. The molecule has 0 aliphatic carbocycles. The number of fused-ring (bicyclic) bond motifs is 1. The summed E-state index contributed by atoms with van der Waals surface area (Å²) < 4.78 is 11.0. The molecule has 19 heavy (non-hydrogen) atoms. The van der Waals surface area contributed by atoms with Crippen molar-refractivity contribution in [2.45, 2.75) is 13.3 Å². The number of hydrogen-bond acceptors (Lipinski definition) is 3. The second kappa shape index (κ2) is 6.31. The molecule has 1 aromatic carbocycles. The summed E-state index contributed by atoms with van der Waals surface area (Å²) in [6.45, 7) is 2.47. The molecule has 102 valence electrons. The highest BCUT2D eigenvalue weighted by Crippen LogP contribution is 2.35. The van der Waals surface area contributed by atoms with Crippen LogP contribution in [0.4, 0.5) is 0 Å². The lowest BCUT2D eigenvalue weighted by Crippen LogP contribution is -2.00. The lowest BCUT2D eigenvalue weighted by molar-refractivity contribution is 0.295. The first-order chi connectivity index (χ1) is 9.17. The van der Waals surface area contributed by atoms with Gasteiger partial charge in [-0.2, -0.15) is 0 Å². The minimum atomic E-state index is 0.547. The van der Waals surface area contributed by atoms with Gasteiger partial charge in [-0.15, -0.1) is 11.6 Å². The number of alkyl halides is 1. The van der Waals surface area contributed by atoms with Crippen molar-refractivity contribution in [3.8, 4) is 11.5 Å². The molecule has 5 heteroatoms. The Morgan fingerprint density at radius 3 is 2.74 bits per heavy atom. The van der Waals surface area contributed by atoms with Crippen LogP contribution in [-0.2, 0) is 0 Å². The van der Waals surface area contributed by atoms with Crippen molar-refractivity contribution >= 4 is 34.1 Å². The van der Waals surface area contributed by atoms with E-state index in [4.69, 9.17) is 32.7 Å². The molecule has 0 unspecified atom stereocenters. The van der Waals surface area contributed by atoms with Crippen molar-refractivity contribution in [3.05, 3.63) is 28.9 Å². The van der Waals surface area contributed by atoms with E-state index in [0.717, 1.165) is 22.9 Å². The number of aryl methyl sites for hydroxylation is 1. The fourth-order valence-electron chi connectivity index (χ4n) is 1.78. The fraction of sp³-hybridized carbons (Fsp3) is 0.357. The molecule has 0 fully saturated rings. The molecule has 0 aliphatic rings. The number of aromatic nitrogens is 1. The third-order valence-corrected chi connectivity index (χ3v) is 3.57. The standard InChI is InChI=1S/C14H15Cl2NO2/c1-9-8-17-11-7-13(19-5-3-4-15)12(18-2)6-10(11)14(9)16/h6-8H,3-5H2,1-2H3. The molecule has 0 atom stereocenters. The molecule has 0 amide bonds. The topological polar surface area (TPSA) is 31.4 Å². The molecule has 2 rings (SSSR count). The van der Waals surface area contributed by atoms with E-state index >= 15 is 0 Å². The summed E-state index contributed by atoms with van der Waals surface area (Å²) in [7, 11) is 1.60. The van der Waals surface area contributed by atoms with E-state index in [1.807, 2.05) is 19.1 Å². The van der Waals surface area contributed by atoms with Crippen molar-refractivity contribution in [2.24, 2.45) is 0 Å². The van der Waals surface area contributed by atoms with Crippen LogP contribution in [0, 0.1) is 6.92 Å². The third kappa shape index (κ3) is 3.04. The maximum atomic E-state index is 6.28. The van der Waals surface area contributed by atoms with Crippen molar-refractivity contribution in [1.82, 2.24) is 4.98 Å². The van der Waals surface area contributed by atoms with E-state index in [1.54, 1.807) is 13.3 Å². The minimum Gasteiger partial charge on any atom is -0.493 e. The number of methoxy groups -OCH3 is 1. The van der Waals surface area contributed by atoms with Gasteiger partial charge in [0.05, 0.1) is 24.3 Å². The Kier molecular flexibility index (Phi) is 4.72. The highest BCUT2D eigenvalue weighted by Gasteiger charge is 2.11. The van der Waals surface area contributed by atoms with Gasteiger partial charge < -0.3 is 9.47 Å². The minimum absolute atomic E-state index is 0.547.